The molecule has 1 aliphatic rings. The van der Waals surface area contributed by atoms with Crippen molar-refractivity contribution in [3.05, 3.63) is 69.6 Å². The third-order valence-corrected chi connectivity index (χ3v) is 5.56. The van der Waals surface area contributed by atoms with Crippen molar-refractivity contribution in [2.45, 2.75) is 27.2 Å². The second-order valence-electron chi connectivity index (χ2n) is 6.71. The van der Waals surface area contributed by atoms with Gasteiger partial charge >= 0.3 is 0 Å². The van der Waals surface area contributed by atoms with Crippen LogP contribution in [-0.4, -0.2) is 28.5 Å². The summed E-state index contributed by atoms with van der Waals surface area (Å²) in [7, 11) is 0. The van der Waals surface area contributed by atoms with Crippen LogP contribution < -0.4 is 5.32 Å². The lowest BCUT2D eigenvalue weighted by Gasteiger charge is -2.13. The van der Waals surface area contributed by atoms with Crippen molar-refractivity contribution in [1.82, 2.24) is 4.90 Å². The number of hydrogen-bond donors (Lipinski definition) is 1. The van der Waals surface area contributed by atoms with Gasteiger partial charge in [-0.1, -0.05) is 37.3 Å². The number of thioether (sulfide) groups is 1. The molecule has 3 rings (SSSR count). The fraction of sp³-hybridized carbons (Fsp3) is 0.227. The number of imide groups is 1. The summed E-state index contributed by atoms with van der Waals surface area (Å²) in [4.78, 5) is 38.4. The van der Waals surface area contributed by atoms with Crippen molar-refractivity contribution in [3.63, 3.8) is 0 Å². The molecule has 0 bridgehead atoms. The van der Waals surface area contributed by atoms with E-state index in [9.17, 15) is 14.4 Å². The normalized spacial score (nSPS) is 15.4. The van der Waals surface area contributed by atoms with E-state index in [0.29, 0.717) is 10.6 Å². The summed E-state index contributed by atoms with van der Waals surface area (Å²) in [5.74, 6) is -0.844. The Balaban J connectivity index is 1.68. The number of amides is 3. The first-order valence-corrected chi connectivity index (χ1v) is 9.90. The number of aryl methyl sites for hydroxylation is 3. The molecule has 3 amide bonds. The van der Waals surface area contributed by atoms with Gasteiger partial charge in [0.15, 0.2) is 0 Å². The quantitative estimate of drug-likeness (QED) is 0.756. The molecule has 0 spiro atoms. The van der Waals surface area contributed by atoms with Gasteiger partial charge in [0.05, 0.1) is 4.91 Å². The molecule has 0 unspecified atom stereocenters. The molecule has 144 valence electrons. The zero-order valence-corrected chi connectivity index (χ0v) is 16.9. The highest BCUT2D eigenvalue weighted by molar-refractivity contribution is 8.18. The Morgan fingerprint density at radius 1 is 1.07 bits per heavy atom. The SMILES string of the molecule is CCc1ccc(C=C2SC(=O)N(CC(=O)Nc3ccc(C)c(C)c3)C2=O)cc1. The molecule has 2 aromatic carbocycles. The van der Waals surface area contributed by atoms with Gasteiger partial charge in [-0.25, -0.2) is 0 Å². The minimum absolute atomic E-state index is 0.302. The zero-order valence-electron chi connectivity index (χ0n) is 16.1. The van der Waals surface area contributed by atoms with Gasteiger partial charge in [-0.2, -0.15) is 0 Å². The van der Waals surface area contributed by atoms with Crippen LogP contribution in [0.2, 0.25) is 0 Å². The smallest absolute Gasteiger partial charge is 0.294 e. The lowest BCUT2D eigenvalue weighted by molar-refractivity contribution is -0.127. The van der Waals surface area contributed by atoms with Crippen LogP contribution in [-0.2, 0) is 16.0 Å². The Morgan fingerprint density at radius 2 is 1.79 bits per heavy atom. The Kier molecular flexibility index (Phi) is 5.99. The Morgan fingerprint density at radius 3 is 2.43 bits per heavy atom. The largest absolute Gasteiger partial charge is 0.325 e. The molecule has 1 aliphatic heterocycles. The molecule has 28 heavy (non-hydrogen) atoms. The first-order chi connectivity index (χ1) is 13.4. The minimum atomic E-state index is -0.440. The number of benzene rings is 2. The molecule has 1 fully saturated rings. The van der Waals surface area contributed by atoms with Gasteiger partial charge < -0.3 is 5.32 Å². The van der Waals surface area contributed by atoms with E-state index in [0.717, 1.165) is 39.8 Å². The van der Waals surface area contributed by atoms with Gasteiger partial charge in [-0.3, -0.25) is 19.3 Å². The summed E-state index contributed by atoms with van der Waals surface area (Å²) in [5, 5.41) is 2.31. The second kappa shape index (κ2) is 8.44. The highest BCUT2D eigenvalue weighted by atomic mass is 32.2. The van der Waals surface area contributed by atoms with Crippen molar-refractivity contribution in [1.29, 1.82) is 0 Å². The third kappa shape index (κ3) is 4.51. The van der Waals surface area contributed by atoms with Gasteiger partial charge in [-0.15, -0.1) is 0 Å². The predicted octanol–water partition coefficient (Wildman–Crippen LogP) is 4.54. The zero-order chi connectivity index (χ0) is 20.3. The van der Waals surface area contributed by atoms with Crippen LogP contribution in [0.4, 0.5) is 10.5 Å². The molecular formula is C22H22N2O3S. The summed E-state index contributed by atoms with van der Waals surface area (Å²) < 4.78 is 0. The number of carbonyl (C=O) groups is 3. The average molecular weight is 394 g/mol. The van der Waals surface area contributed by atoms with Crippen molar-refractivity contribution >= 4 is 40.6 Å². The number of rotatable bonds is 5. The number of anilines is 1. The molecule has 2 aromatic rings. The van der Waals surface area contributed by atoms with E-state index in [1.54, 1.807) is 12.1 Å². The van der Waals surface area contributed by atoms with Crippen LogP contribution in [0.5, 0.6) is 0 Å². The summed E-state index contributed by atoms with van der Waals surface area (Å²) in [5.41, 5.74) is 4.88. The summed E-state index contributed by atoms with van der Waals surface area (Å²) in [6.07, 6.45) is 2.62. The Labute approximate surface area is 168 Å². The maximum atomic E-state index is 12.6. The second-order valence-corrected chi connectivity index (χ2v) is 7.70. The van der Waals surface area contributed by atoms with E-state index in [1.165, 1.54) is 5.56 Å². The average Bonchev–Trinajstić information content (AvgIpc) is 2.93. The first-order valence-electron chi connectivity index (χ1n) is 9.09. The fourth-order valence-electron chi connectivity index (χ4n) is 2.80. The molecular weight excluding hydrogens is 372 g/mol. The van der Waals surface area contributed by atoms with Crippen LogP contribution in [0.1, 0.15) is 29.2 Å². The Bertz CT molecular complexity index is 964. The van der Waals surface area contributed by atoms with E-state index in [2.05, 4.69) is 12.2 Å². The van der Waals surface area contributed by atoms with E-state index < -0.39 is 17.1 Å². The number of hydrogen-bond acceptors (Lipinski definition) is 4. The van der Waals surface area contributed by atoms with Crippen LogP contribution >= 0.6 is 11.8 Å². The van der Waals surface area contributed by atoms with E-state index >= 15 is 0 Å². The summed E-state index contributed by atoms with van der Waals surface area (Å²) in [6.45, 7) is 5.72. The van der Waals surface area contributed by atoms with Crippen LogP contribution in [0.3, 0.4) is 0 Å². The van der Waals surface area contributed by atoms with Crippen LogP contribution in [0.25, 0.3) is 6.08 Å². The van der Waals surface area contributed by atoms with Gasteiger partial charge in [0.2, 0.25) is 5.91 Å². The van der Waals surface area contributed by atoms with Gasteiger partial charge in [-0.05, 0) is 72.5 Å². The lowest BCUT2D eigenvalue weighted by Crippen LogP contribution is -2.36. The third-order valence-electron chi connectivity index (χ3n) is 4.65. The molecule has 0 aromatic heterocycles. The van der Waals surface area contributed by atoms with Crippen LogP contribution in [0.15, 0.2) is 47.4 Å². The number of carbonyl (C=O) groups excluding carboxylic acids is 3. The highest BCUT2D eigenvalue weighted by Crippen LogP contribution is 2.32. The van der Waals surface area contributed by atoms with E-state index in [4.69, 9.17) is 0 Å². The summed E-state index contributed by atoms with van der Waals surface area (Å²) in [6, 6.07) is 13.4. The number of nitrogens with one attached hydrogen (secondary N) is 1. The monoisotopic (exact) mass is 394 g/mol. The molecule has 1 saturated heterocycles. The maximum absolute atomic E-state index is 12.6. The van der Waals surface area contributed by atoms with Gasteiger partial charge in [0.1, 0.15) is 6.54 Å². The molecule has 5 nitrogen and oxygen atoms in total. The van der Waals surface area contributed by atoms with Crippen molar-refractivity contribution in [2.75, 3.05) is 11.9 Å². The molecule has 0 atom stereocenters. The molecule has 1 N–H and O–H groups in total. The molecule has 1 heterocycles. The molecule has 0 radical (unpaired) electrons. The lowest BCUT2D eigenvalue weighted by atomic mass is 10.1. The molecule has 0 saturated carbocycles. The highest BCUT2D eigenvalue weighted by Gasteiger charge is 2.36. The summed E-state index contributed by atoms with van der Waals surface area (Å²) >= 11 is 0.858. The molecule has 0 aliphatic carbocycles. The standard InChI is InChI=1S/C22H22N2O3S/c1-4-16-6-8-17(9-7-16)12-19-21(26)24(22(27)28-19)13-20(25)23-18-10-5-14(2)15(3)11-18/h5-12H,4,13H2,1-3H3,(H,23,25). The topological polar surface area (TPSA) is 66.5 Å². The Hall–Kier alpha value is -2.86. The fourth-order valence-corrected chi connectivity index (χ4v) is 3.64. The van der Waals surface area contributed by atoms with Gasteiger partial charge in [0, 0.05) is 5.69 Å². The minimum Gasteiger partial charge on any atom is -0.325 e. The van der Waals surface area contributed by atoms with E-state index in [-0.39, 0.29) is 6.54 Å². The number of nitrogens with zero attached hydrogens (tertiary/aromatic N) is 1. The van der Waals surface area contributed by atoms with Gasteiger partial charge in [0.25, 0.3) is 11.1 Å². The molecule has 6 heteroatoms. The van der Waals surface area contributed by atoms with Crippen molar-refractivity contribution in [2.24, 2.45) is 0 Å². The first kappa shape index (κ1) is 19.9. The van der Waals surface area contributed by atoms with Crippen molar-refractivity contribution < 1.29 is 14.4 Å². The van der Waals surface area contributed by atoms with Crippen LogP contribution in [0, 0.1) is 13.8 Å². The van der Waals surface area contributed by atoms with E-state index in [1.807, 2.05) is 50.2 Å². The van der Waals surface area contributed by atoms with Crippen molar-refractivity contribution in [3.8, 4) is 0 Å². The predicted molar refractivity (Wildman–Crippen MR) is 113 cm³/mol. The maximum Gasteiger partial charge on any atom is 0.294 e.